The van der Waals surface area contributed by atoms with Gasteiger partial charge in [0, 0.05) is 24.5 Å². The predicted octanol–water partition coefficient (Wildman–Crippen LogP) is 5.17. The van der Waals surface area contributed by atoms with Crippen molar-refractivity contribution in [1.82, 2.24) is 9.88 Å². The van der Waals surface area contributed by atoms with Crippen LogP contribution in [0.4, 0.5) is 0 Å². The number of aliphatic hydroxyl groups is 1. The molecule has 1 N–H and O–H groups in total. The molecule has 1 aliphatic rings. The van der Waals surface area contributed by atoms with Crippen LogP contribution >= 0.6 is 0 Å². The molecule has 5 nitrogen and oxygen atoms in total. The summed E-state index contributed by atoms with van der Waals surface area (Å²) in [6.07, 6.45) is 3.32. The molecule has 1 aromatic heterocycles. The molecule has 1 amide bonds. The van der Waals surface area contributed by atoms with Gasteiger partial charge in [0.15, 0.2) is 0 Å². The SMILES string of the molecule is Cc1ccccc1C1/C(=C(\O)c2cccc3ccccc23)C(=O)C(=O)N1Cc1ccncc1. The molecular weight excluding hydrogens is 412 g/mol. The number of benzene rings is 3. The molecule has 0 spiro atoms. The van der Waals surface area contributed by atoms with Gasteiger partial charge in [-0.15, -0.1) is 0 Å². The molecule has 5 heteroatoms. The van der Waals surface area contributed by atoms with E-state index < -0.39 is 17.7 Å². The van der Waals surface area contributed by atoms with Crippen LogP contribution in [0.1, 0.15) is 28.3 Å². The number of hydrogen-bond acceptors (Lipinski definition) is 4. The number of pyridine rings is 1. The number of fused-ring (bicyclic) bond motifs is 1. The minimum atomic E-state index is -0.696. The van der Waals surface area contributed by atoms with Gasteiger partial charge in [-0.05, 0) is 46.5 Å². The smallest absolute Gasteiger partial charge is 0.295 e. The van der Waals surface area contributed by atoms with Crippen molar-refractivity contribution >= 4 is 28.2 Å². The Hall–Kier alpha value is -4.25. The molecule has 0 aliphatic carbocycles. The number of aliphatic hydroxyl groups excluding tert-OH is 1. The average Bonchev–Trinajstić information content (AvgIpc) is 3.09. The third kappa shape index (κ3) is 3.57. The fourth-order valence-electron chi connectivity index (χ4n) is 4.52. The van der Waals surface area contributed by atoms with E-state index in [2.05, 4.69) is 4.98 Å². The number of ketones is 1. The van der Waals surface area contributed by atoms with Crippen molar-refractivity contribution in [3.63, 3.8) is 0 Å². The molecule has 0 saturated carbocycles. The van der Waals surface area contributed by atoms with E-state index in [1.807, 2.05) is 79.7 Å². The Morgan fingerprint density at radius 1 is 0.909 bits per heavy atom. The molecule has 4 aromatic rings. The molecule has 0 bridgehead atoms. The van der Waals surface area contributed by atoms with Gasteiger partial charge in [-0.2, -0.15) is 0 Å². The van der Waals surface area contributed by atoms with E-state index in [0.717, 1.165) is 27.5 Å². The van der Waals surface area contributed by atoms with Crippen LogP contribution in [0.3, 0.4) is 0 Å². The highest BCUT2D eigenvalue weighted by atomic mass is 16.3. The van der Waals surface area contributed by atoms with Crippen molar-refractivity contribution in [1.29, 1.82) is 0 Å². The van der Waals surface area contributed by atoms with Crippen molar-refractivity contribution in [2.75, 3.05) is 0 Å². The lowest BCUT2D eigenvalue weighted by atomic mass is 9.91. The lowest BCUT2D eigenvalue weighted by Crippen LogP contribution is -2.29. The summed E-state index contributed by atoms with van der Waals surface area (Å²) in [7, 11) is 0. The van der Waals surface area contributed by atoms with Gasteiger partial charge >= 0.3 is 0 Å². The molecule has 0 radical (unpaired) electrons. The van der Waals surface area contributed by atoms with Crippen molar-refractivity contribution in [2.45, 2.75) is 19.5 Å². The Morgan fingerprint density at radius 3 is 2.39 bits per heavy atom. The predicted molar refractivity (Wildman–Crippen MR) is 127 cm³/mol. The number of nitrogens with zero attached hydrogens (tertiary/aromatic N) is 2. The van der Waals surface area contributed by atoms with E-state index in [4.69, 9.17) is 0 Å². The highest BCUT2D eigenvalue weighted by Crippen LogP contribution is 2.42. The maximum atomic E-state index is 13.3. The summed E-state index contributed by atoms with van der Waals surface area (Å²) in [5.74, 6) is -1.46. The molecule has 1 fully saturated rings. The topological polar surface area (TPSA) is 70.5 Å². The van der Waals surface area contributed by atoms with Gasteiger partial charge in [-0.1, -0.05) is 66.7 Å². The summed E-state index contributed by atoms with van der Waals surface area (Å²) in [5, 5.41) is 13.2. The summed E-state index contributed by atoms with van der Waals surface area (Å²) in [4.78, 5) is 32.1. The monoisotopic (exact) mass is 434 g/mol. The van der Waals surface area contributed by atoms with Crippen molar-refractivity contribution in [3.05, 3.63) is 119 Å². The van der Waals surface area contributed by atoms with Crippen LogP contribution in [0, 0.1) is 6.92 Å². The summed E-state index contributed by atoms with van der Waals surface area (Å²) in [6.45, 7) is 2.18. The summed E-state index contributed by atoms with van der Waals surface area (Å²) in [5.41, 5.74) is 3.25. The number of carbonyl (C=O) groups excluding carboxylic acids is 2. The van der Waals surface area contributed by atoms with E-state index in [-0.39, 0.29) is 17.9 Å². The van der Waals surface area contributed by atoms with Gasteiger partial charge in [0.2, 0.25) is 0 Å². The third-order valence-corrected chi connectivity index (χ3v) is 6.17. The standard InChI is InChI=1S/C28H22N2O3/c1-18-7-2-4-10-21(18)25-24(26(31)23-12-6-9-20-8-3-5-11-22(20)23)27(32)28(33)30(25)17-19-13-15-29-16-14-19/h2-16,25,31H,17H2,1H3/b26-24+. The Balaban J connectivity index is 1.73. The number of Topliss-reactive ketones (excluding diaryl/α,β-unsaturated/α-hetero) is 1. The number of carbonyl (C=O) groups is 2. The van der Waals surface area contributed by atoms with Crippen molar-refractivity contribution in [2.24, 2.45) is 0 Å². The molecule has 1 atom stereocenters. The quantitative estimate of drug-likeness (QED) is 0.273. The van der Waals surface area contributed by atoms with Crippen LogP contribution in [0.5, 0.6) is 0 Å². The molecule has 33 heavy (non-hydrogen) atoms. The summed E-state index contributed by atoms with van der Waals surface area (Å²) in [6, 6.07) is 23.8. The molecule has 162 valence electrons. The van der Waals surface area contributed by atoms with Crippen molar-refractivity contribution in [3.8, 4) is 0 Å². The van der Waals surface area contributed by atoms with E-state index in [1.165, 1.54) is 4.90 Å². The summed E-state index contributed by atoms with van der Waals surface area (Å²) < 4.78 is 0. The first-order chi connectivity index (χ1) is 16.1. The molecular formula is C28H22N2O3. The first kappa shape index (κ1) is 20.6. The molecule has 3 aromatic carbocycles. The van der Waals surface area contributed by atoms with Crippen LogP contribution in [0.25, 0.3) is 16.5 Å². The zero-order valence-corrected chi connectivity index (χ0v) is 18.1. The third-order valence-electron chi connectivity index (χ3n) is 6.17. The van der Waals surface area contributed by atoms with Gasteiger partial charge in [0.1, 0.15) is 5.76 Å². The lowest BCUT2D eigenvalue weighted by Gasteiger charge is -2.26. The van der Waals surface area contributed by atoms with Gasteiger partial charge in [0.05, 0.1) is 11.6 Å². The highest BCUT2D eigenvalue weighted by Gasteiger charge is 2.46. The second-order valence-electron chi connectivity index (χ2n) is 8.17. The molecule has 1 aliphatic heterocycles. The molecule has 2 heterocycles. The van der Waals surface area contributed by atoms with E-state index in [0.29, 0.717) is 5.56 Å². The van der Waals surface area contributed by atoms with Crippen LogP contribution in [-0.2, 0) is 16.1 Å². The zero-order chi connectivity index (χ0) is 22.9. The van der Waals surface area contributed by atoms with Gasteiger partial charge in [-0.25, -0.2) is 0 Å². The maximum absolute atomic E-state index is 13.3. The van der Waals surface area contributed by atoms with Crippen LogP contribution < -0.4 is 0 Å². The number of rotatable bonds is 4. The average molecular weight is 434 g/mol. The molecule has 1 saturated heterocycles. The molecule has 5 rings (SSSR count). The second-order valence-corrected chi connectivity index (χ2v) is 8.17. The van der Waals surface area contributed by atoms with Gasteiger partial charge in [0.25, 0.3) is 11.7 Å². The number of likely N-dealkylation sites (tertiary alicyclic amines) is 1. The van der Waals surface area contributed by atoms with Crippen LogP contribution in [0.2, 0.25) is 0 Å². The Bertz CT molecular complexity index is 1400. The van der Waals surface area contributed by atoms with Gasteiger partial charge in [-0.3, -0.25) is 14.6 Å². The van der Waals surface area contributed by atoms with Crippen molar-refractivity contribution < 1.29 is 14.7 Å². The zero-order valence-electron chi connectivity index (χ0n) is 18.1. The van der Waals surface area contributed by atoms with E-state index >= 15 is 0 Å². The lowest BCUT2D eigenvalue weighted by molar-refractivity contribution is -0.140. The number of amides is 1. The highest BCUT2D eigenvalue weighted by molar-refractivity contribution is 6.46. The van der Waals surface area contributed by atoms with E-state index in [1.54, 1.807) is 18.5 Å². The largest absolute Gasteiger partial charge is 0.507 e. The second kappa shape index (κ2) is 8.36. The first-order valence-corrected chi connectivity index (χ1v) is 10.8. The Kier molecular flexibility index (Phi) is 5.23. The molecule has 1 unspecified atom stereocenters. The van der Waals surface area contributed by atoms with Gasteiger partial charge < -0.3 is 10.0 Å². The van der Waals surface area contributed by atoms with Crippen LogP contribution in [-0.4, -0.2) is 26.7 Å². The fourth-order valence-corrected chi connectivity index (χ4v) is 4.52. The fraction of sp³-hybridized carbons (Fsp3) is 0.107. The normalized spacial score (nSPS) is 17.6. The van der Waals surface area contributed by atoms with Crippen LogP contribution in [0.15, 0.2) is 96.8 Å². The minimum Gasteiger partial charge on any atom is -0.507 e. The number of aryl methyl sites for hydroxylation is 1. The maximum Gasteiger partial charge on any atom is 0.295 e. The van der Waals surface area contributed by atoms with E-state index in [9.17, 15) is 14.7 Å². The number of hydrogen-bond donors (Lipinski definition) is 1. The Morgan fingerprint density at radius 2 is 1.61 bits per heavy atom. The Labute approximate surface area is 191 Å². The number of aromatic nitrogens is 1. The first-order valence-electron chi connectivity index (χ1n) is 10.8. The summed E-state index contributed by atoms with van der Waals surface area (Å²) >= 11 is 0. The minimum absolute atomic E-state index is 0.111.